The van der Waals surface area contributed by atoms with Crippen molar-refractivity contribution in [3.63, 3.8) is 0 Å². The number of hydrogen-bond acceptors (Lipinski definition) is 4. The lowest BCUT2D eigenvalue weighted by Gasteiger charge is -2.24. The molecule has 5 heteroatoms. The first-order valence-corrected chi connectivity index (χ1v) is 9.33. The first-order valence-electron chi connectivity index (χ1n) is 8.95. The average molecular weight is 386 g/mol. The van der Waals surface area contributed by atoms with E-state index in [1.165, 1.54) is 5.56 Å². The van der Waals surface area contributed by atoms with Gasteiger partial charge < -0.3 is 14.3 Å². The number of halogens is 1. The summed E-state index contributed by atoms with van der Waals surface area (Å²) in [6.45, 7) is 4.02. The minimum atomic E-state index is -0.617. The molecule has 2 aromatic carbocycles. The number of nitrogens with zero attached hydrogens (tertiary/aromatic N) is 1. The molecule has 0 unspecified atom stereocenters. The largest absolute Gasteiger partial charge is 0.491 e. The summed E-state index contributed by atoms with van der Waals surface area (Å²) in [7, 11) is 0. The van der Waals surface area contributed by atoms with E-state index in [1.807, 2.05) is 67.6 Å². The third kappa shape index (κ3) is 6.43. The third-order valence-corrected chi connectivity index (χ3v) is 4.46. The molecule has 142 valence electrons. The van der Waals surface area contributed by atoms with Gasteiger partial charge in [-0.3, -0.25) is 4.90 Å². The predicted octanol–water partition coefficient (Wildman–Crippen LogP) is 4.68. The minimum Gasteiger partial charge on any atom is -0.491 e. The molecule has 1 heterocycles. The zero-order chi connectivity index (χ0) is 19.1. The van der Waals surface area contributed by atoms with E-state index < -0.39 is 6.10 Å². The maximum Gasteiger partial charge on any atom is 0.119 e. The molecule has 4 nitrogen and oxygen atoms in total. The number of aliphatic hydroxyl groups is 1. The molecule has 0 spiro atoms. The van der Waals surface area contributed by atoms with Crippen molar-refractivity contribution in [2.24, 2.45) is 0 Å². The SMILES string of the molecule is Cc1ccc(OC[C@@H](O)CN(Cc2ccc(Cl)cc2)Cc2ccco2)cc1. The number of benzene rings is 2. The summed E-state index contributed by atoms with van der Waals surface area (Å²) < 4.78 is 11.2. The van der Waals surface area contributed by atoms with Gasteiger partial charge in [0.15, 0.2) is 0 Å². The Hall–Kier alpha value is -2.27. The zero-order valence-electron chi connectivity index (χ0n) is 15.3. The highest BCUT2D eigenvalue weighted by Crippen LogP contribution is 2.15. The summed E-state index contributed by atoms with van der Waals surface area (Å²) in [5.74, 6) is 1.62. The highest BCUT2D eigenvalue weighted by atomic mass is 35.5. The van der Waals surface area contributed by atoms with Crippen LogP contribution in [0.5, 0.6) is 5.75 Å². The molecular formula is C22H24ClNO3. The van der Waals surface area contributed by atoms with Gasteiger partial charge in [-0.25, -0.2) is 0 Å². The van der Waals surface area contributed by atoms with Gasteiger partial charge in [-0.05, 0) is 48.9 Å². The highest BCUT2D eigenvalue weighted by Gasteiger charge is 2.15. The molecule has 1 aromatic heterocycles. The van der Waals surface area contributed by atoms with E-state index in [0.717, 1.165) is 17.1 Å². The van der Waals surface area contributed by atoms with Crippen molar-refractivity contribution >= 4 is 11.6 Å². The topological polar surface area (TPSA) is 45.8 Å². The molecular weight excluding hydrogens is 362 g/mol. The fraction of sp³-hybridized carbons (Fsp3) is 0.273. The van der Waals surface area contributed by atoms with Crippen LogP contribution >= 0.6 is 11.6 Å². The molecule has 0 saturated carbocycles. The van der Waals surface area contributed by atoms with Crippen molar-refractivity contribution < 1.29 is 14.3 Å². The maximum absolute atomic E-state index is 10.5. The fourth-order valence-electron chi connectivity index (χ4n) is 2.83. The van der Waals surface area contributed by atoms with Crippen molar-refractivity contribution in [3.8, 4) is 5.75 Å². The van der Waals surface area contributed by atoms with Gasteiger partial charge in [-0.2, -0.15) is 0 Å². The Morgan fingerprint density at radius 2 is 1.78 bits per heavy atom. The quantitative estimate of drug-likeness (QED) is 0.580. The Labute approximate surface area is 165 Å². The van der Waals surface area contributed by atoms with Gasteiger partial charge in [0, 0.05) is 18.1 Å². The van der Waals surface area contributed by atoms with E-state index in [2.05, 4.69) is 4.90 Å². The molecule has 27 heavy (non-hydrogen) atoms. The molecule has 0 amide bonds. The smallest absolute Gasteiger partial charge is 0.119 e. The summed E-state index contributed by atoms with van der Waals surface area (Å²) in [6.07, 6.45) is 1.04. The molecule has 0 fully saturated rings. The molecule has 0 aliphatic carbocycles. The molecule has 3 aromatic rings. The van der Waals surface area contributed by atoms with E-state index >= 15 is 0 Å². The maximum atomic E-state index is 10.5. The number of furan rings is 1. The highest BCUT2D eigenvalue weighted by molar-refractivity contribution is 6.30. The van der Waals surface area contributed by atoms with E-state index in [0.29, 0.717) is 24.7 Å². The van der Waals surface area contributed by atoms with Crippen molar-refractivity contribution in [3.05, 3.63) is 88.8 Å². The molecule has 1 atom stereocenters. The summed E-state index contributed by atoms with van der Waals surface area (Å²) in [6, 6.07) is 19.3. The van der Waals surface area contributed by atoms with Crippen LogP contribution < -0.4 is 4.74 Å². The van der Waals surface area contributed by atoms with Crippen molar-refractivity contribution in [1.82, 2.24) is 4.90 Å². The normalized spacial score (nSPS) is 12.3. The van der Waals surface area contributed by atoms with Crippen LogP contribution in [0.2, 0.25) is 5.02 Å². The van der Waals surface area contributed by atoms with Crippen LogP contribution in [0.25, 0.3) is 0 Å². The van der Waals surface area contributed by atoms with Crippen LogP contribution in [-0.4, -0.2) is 29.3 Å². The van der Waals surface area contributed by atoms with Crippen molar-refractivity contribution in [2.75, 3.05) is 13.2 Å². The van der Waals surface area contributed by atoms with E-state index in [4.69, 9.17) is 20.8 Å². The van der Waals surface area contributed by atoms with Crippen molar-refractivity contribution in [2.45, 2.75) is 26.1 Å². The first-order chi connectivity index (χ1) is 13.1. The monoisotopic (exact) mass is 385 g/mol. The van der Waals surface area contributed by atoms with Gasteiger partial charge in [-0.15, -0.1) is 0 Å². The molecule has 0 saturated heterocycles. The van der Waals surface area contributed by atoms with Gasteiger partial charge in [0.2, 0.25) is 0 Å². The van der Waals surface area contributed by atoms with Gasteiger partial charge in [0.05, 0.1) is 12.8 Å². The third-order valence-electron chi connectivity index (χ3n) is 4.21. The minimum absolute atomic E-state index is 0.234. The summed E-state index contributed by atoms with van der Waals surface area (Å²) in [5.41, 5.74) is 2.30. The summed E-state index contributed by atoms with van der Waals surface area (Å²) in [5, 5.41) is 11.2. The van der Waals surface area contributed by atoms with Gasteiger partial charge in [0.25, 0.3) is 0 Å². The number of ether oxygens (including phenoxy) is 1. The average Bonchev–Trinajstić information content (AvgIpc) is 3.16. The Kier molecular flexibility index (Phi) is 6.93. The molecule has 0 bridgehead atoms. The molecule has 0 radical (unpaired) electrons. The summed E-state index contributed by atoms with van der Waals surface area (Å²) >= 11 is 5.97. The van der Waals surface area contributed by atoms with Crippen LogP contribution in [0.1, 0.15) is 16.9 Å². The summed E-state index contributed by atoms with van der Waals surface area (Å²) in [4.78, 5) is 2.13. The van der Waals surface area contributed by atoms with Crippen LogP contribution in [0.3, 0.4) is 0 Å². The van der Waals surface area contributed by atoms with Crippen molar-refractivity contribution in [1.29, 1.82) is 0 Å². The lowest BCUT2D eigenvalue weighted by atomic mass is 10.2. The standard InChI is InChI=1S/C22H24ClNO3/c1-17-4-10-21(11-5-17)27-16-20(25)14-24(15-22-3-2-12-26-22)13-18-6-8-19(23)9-7-18/h2-12,20,25H,13-16H2,1H3/t20-/m0/s1. The molecule has 3 rings (SSSR count). The zero-order valence-corrected chi connectivity index (χ0v) is 16.1. The van der Waals surface area contributed by atoms with E-state index in [9.17, 15) is 5.11 Å². The predicted molar refractivity (Wildman–Crippen MR) is 107 cm³/mol. The number of rotatable bonds is 9. The Morgan fingerprint density at radius 3 is 2.44 bits per heavy atom. The Balaban J connectivity index is 1.59. The number of aryl methyl sites for hydroxylation is 1. The molecule has 0 aliphatic heterocycles. The second kappa shape index (κ2) is 9.60. The molecule has 1 N–H and O–H groups in total. The van der Waals surface area contributed by atoms with Gasteiger partial charge >= 0.3 is 0 Å². The van der Waals surface area contributed by atoms with Crippen LogP contribution in [-0.2, 0) is 13.1 Å². The lowest BCUT2D eigenvalue weighted by Crippen LogP contribution is -2.35. The Morgan fingerprint density at radius 1 is 1.04 bits per heavy atom. The van der Waals surface area contributed by atoms with Gasteiger partial charge in [-0.1, -0.05) is 41.4 Å². The van der Waals surface area contributed by atoms with E-state index in [-0.39, 0.29) is 6.61 Å². The van der Waals surface area contributed by atoms with Crippen LogP contribution in [0.15, 0.2) is 71.3 Å². The fourth-order valence-corrected chi connectivity index (χ4v) is 2.96. The van der Waals surface area contributed by atoms with E-state index in [1.54, 1.807) is 6.26 Å². The Bertz CT molecular complexity index is 801. The second-order valence-corrected chi connectivity index (χ2v) is 7.09. The lowest BCUT2D eigenvalue weighted by molar-refractivity contribution is 0.0604. The number of hydrogen-bond donors (Lipinski definition) is 1. The molecule has 0 aliphatic rings. The van der Waals surface area contributed by atoms with Gasteiger partial charge in [0.1, 0.15) is 24.2 Å². The second-order valence-electron chi connectivity index (χ2n) is 6.65. The van der Waals surface area contributed by atoms with Crippen LogP contribution in [0, 0.1) is 6.92 Å². The number of aliphatic hydroxyl groups excluding tert-OH is 1. The van der Waals surface area contributed by atoms with Crippen LogP contribution in [0.4, 0.5) is 0 Å². The first kappa shape index (κ1) is 19.5.